The highest BCUT2D eigenvalue weighted by atomic mass is 127. The minimum absolute atomic E-state index is 0. The van der Waals surface area contributed by atoms with Crippen LogP contribution in [0.2, 0.25) is 0 Å². The number of guanidine groups is 1. The third-order valence-electron chi connectivity index (χ3n) is 4.38. The second-order valence-corrected chi connectivity index (χ2v) is 6.30. The van der Waals surface area contributed by atoms with Gasteiger partial charge in [-0.25, -0.2) is 0 Å². The van der Waals surface area contributed by atoms with Gasteiger partial charge < -0.3 is 20.5 Å². The van der Waals surface area contributed by atoms with Crippen LogP contribution in [0.4, 0.5) is 0 Å². The first-order valence-corrected chi connectivity index (χ1v) is 9.29. The number of ether oxygens (including phenoxy) is 1. The van der Waals surface area contributed by atoms with E-state index >= 15 is 0 Å². The number of nitrogens with one attached hydrogen (secondary N) is 2. The van der Waals surface area contributed by atoms with Gasteiger partial charge in [-0.3, -0.25) is 4.99 Å². The SMILES string of the molecule is CCNC(=NCCC1=CCCCC1)NCCc1ccc(O)c(OC)c1.I. The van der Waals surface area contributed by atoms with E-state index in [1.165, 1.54) is 25.7 Å². The van der Waals surface area contributed by atoms with Crippen molar-refractivity contribution in [3.8, 4) is 11.5 Å². The standard InChI is InChI=1S/C20H31N3O2.HI/c1-3-21-20(22-13-11-16-7-5-4-6-8-16)23-14-12-17-9-10-18(24)19(15-17)25-2;/h7,9-10,15,24H,3-6,8,11-14H2,1-2H3,(H2,21,22,23);1H. The van der Waals surface area contributed by atoms with Crippen molar-refractivity contribution in [3.05, 3.63) is 35.4 Å². The summed E-state index contributed by atoms with van der Waals surface area (Å²) in [4.78, 5) is 4.68. The Balaban J connectivity index is 0.00000338. The Morgan fingerprint density at radius 2 is 2.08 bits per heavy atom. The van der Waals surface area contributed by atoms with Crippen molar-refractivity contribution in [1.29, 1.82) is 0 Å². The Morgan fingerprint density at radius 3 is 2.77 bits per heavy atom. The molecule has 26 heavy (non-hydrogen) atoms. The topological polar surface area (TPSA) is 65.9 Å². The number of allylic oxidation sites excluding steroid dienone is 1. The summed E-state index contributed by atoms with van der Waals surface area (Å²) in [5.41, 5.74) is 2.67. The molecule has 0 unspecified atom stereocenters. The molecule has 5 nitrogen and oxygen atoms in total. The van der Waals surface area contributed by atoms with E-state index in [-0.39, 0.29) is 29.7 Å². The number of hydrogen-bond acceptors (Lipinski definition) is 3. The number of phenolic OH excluding ortho intramolecular Hbond substituents is 1. The van der Waals surface area contributed by atoms with Gasteiger partial charge in [0.25, 0.3) is 0 Å². The Labute approximate surface area is 174 Å². The number of nitrogens with zero attached hydrogens (tertiary/aromatic N) is 1. The monoisotopic (exact) mass is 473 g/mol. The first-order valence-electron chi connectivity index (χ1n) is 9.29. The lowest BCUT2D eigenvalue weighted by atomic mass is 9.97. The van der Waals surface area contributed by atoms with Gasteiger partial charge in [-0.1, -0.05) is 17.7 Å². The molecule has 0 saturated heterocycles. The smallest absolute Gasteiger partial charge is 0.191 e. The van der Waals surface area contributed by atoms with Crippen LogP contribution in [0.3, 0.4) is 0 Å². The number of aliphatic imine (C=N–C) groups is 1. The summed E-state index contributed by atoms with van der Waals surface area (Å²) in [7, 11) is 1.56. The number of halogens is 1. The van der Waals surface area contributed by atoms with Gasteiger partial charge in [0.1, 0.15) is 0 Å². The molecule has 1 aliphatic carbocycles. The van der Waals surface area contributed by atoms with Gasteiger partial charge in [0.05, 0.1) is 7.11 Å². The van der Waals surface area contributed by atoms with Crippen molar-refractivity contribution < 1.29 is 9.84 Å². The van der Waals surface area contributed by atoms with Crippen molar-refractivity contribution in [1.82, 2.24) is 10.6 Å². The molecule has 0 bridgehead atoms. The Hall–Kier alpha value is -1.44. The molecule has 6 heteroatoms. The molecule has 1 aromatic rings. The highest BCUT2D eigenvalue weighted by Crippen LogP contribution is 2.26. The molecule has 0 heterocycles. The summed E-state index contributed by atoms with van der Waals surface area (Å²) in [6, 6.07) is 5.46. The summed E-state index contributed by atoms with van der Waals surface area (Å²) < 4.78 is 5.15. The quantitative estimate of drug-likeness (QED) is 0.231. The maximum absolute atomic E-state index is 9.65. The minimum atomic E-state index is 0. The van der Waals surface area contributed by atoms with Gasteiger partial charge in [-0.15, -0.1) is 24.0 Å². The molecule has 146 valence electrons. The van der Waals surface area contributed by atoms with Gasteiger partial charge in [-0.2, -0.15) is 0 Å². The van der Waals surface area contributed by atoms with Gasteiger partial charge in [0.2, 0.25) is 0 Å². The summed E-state index contributed by atoms with van der Waals surface area (Å²) in [6.07, 6.45) is 9.41. The number of methoxy groups -OCH3 is 1. The van der Waals surface area contributed by atoms with E-state index in [0.29, 0.717) is 5.75 Å². The molecule has 0 aromatic heterocycles. The zero-order valence-electron chi connectivity index (χ0n) is 15.9. The van der Waals surface area contributed by atoms with E-state index in [1.807, 2.05) is 12.1 Å². The fourth-order valence-electron chi connectivity index (χ4n) is 2.99. The lowest BCUT2D eigenvalue weighted by Crippen LogP contribution is -2.38. The van der Waals surface area contributed by atoms with Crippen LogP contribution < -0.4 is 15.4 Å². The van der Waals surface area contributed by atoms with Crippen molar-refractivity contribution in [2.24, 2.45) is 4.99 Å². The first kappa shape index (κ1) is 22.6. The van der Waals surface area contributed by atoms with Crippen molar-refractivity contribution in [2.45, 2.75) is 45.4 Å². The maximum Gasteiger partial charge on any atom is 0.191 e. The summed E-state index contributed by atoms with van der Waals surface area (Å²) in [5.74, 6) is 1.55. The lowest BCUT2D eigenvalue weighted by molar-refractivity contribution is 0.373. The van der Waals surface area contributed by atoms with Crippen molar-refractivity contribution in [2.75, 3.05) is 26.7 Å². The molecule has 0 amide bonds. The maximum atomic E-state index is 9.65. The fraction of sp³-hybridized carbons (Fsp3) is 0.550. The predicted octanol–water partition coefficient (Wildman–Crippen LogP) is 4.01. The largest absolute Gasteiger partial charge is 0.504 e. The van der Waals surface area contributed by atoms with Crippen LogP contribution in [-0.4, -0.2) is 37.8 Å². The van der Waals surface area contributed by atoms with Gasteiger partial charge in [0, 0.05) is 19.6 Å². The number of aromatic hydroxyl groups is 1. The van der Waals surface area contributed by atoms with E-state index in [1.54, 1.807) is 18.7 Å². The third-order valence-corrected chi connectivity index (χ3v) is 4.38. The highest BCUT2D eigenvalue weighted by molar-refractivity contribution is 14.0. The van der Waals surface area contributed by atoms with Crippen LogP contribution in [0, 0.1) is 0 Å². The van der Waals surface area contributed by atoms with Gasteiger partial charge in [-0.05, 0) is 63.1 Å². The van der Waals surface area contributed by atoms with Gasteiger partial charge >= 0.3 is 0 Å². The minimum Gasteiger partial charge on any atom is -0.504 e. The molecule has 1 aromatic carbocycles. The average Bonchev–Trinajstić information content (AvgIpc) is 2.64. The molecule has 0 atom stereocenters. The van der Waals surface area contributed by atoms with Gasteiger partial charge in [0.15, 0.2) is 17.5 Å². The number of phenols is 1. The number of rotatable bonds is 8. The van der Waals surface area contributed by atoms with E-state index in [4.69, 9.17) is 4.74 Å². The van der Waals surface area contributed by atoms with Crippen LogP contribution in [-0.2, 0) is 6.42 Å². The molecular formula is C20H32IN3O2. The fourth-order valence-corrected chi connectivity index (χ4v) is 2.99. The summed E-state index contributed by atoms with van der Waals surface area (Å²) in [6.45, 7) is 4.53. The van der Waals surface area contributed by atoms with E-state index in [2.05, 4.69) is 28.6 Å². The van der Waals surface area contributed by atoms with Crippen molar-refractivity contribution >= 4 is 29.9 Å². The Bertz CT molecular complexity index is 603. The molecule has 0 radical (unpaired) electrons. The Kier molecular flexibility index (Phi) is 11.2. The van der Waals surface area contributed by atoms with Crippen LogP contribution in [0.5, 0.6) is 11.5 Å². The predicted molar refractivity (Wildman–Crippen MR) is 119 cm³/mol. The van der Waals surface area contributed by atoms with E-state index in [9.17, 15) is 5.11 Å². The van der Waals surface area contributed by atoms with Crippen molar-refractivity contribution in [3.63, 3.8) is 0 Å². The first-order chi connectivity index (χ1) is 12.2. The average molecular weight is 473 g/mol. The second kappa shape index (κ2) is 12.8. The molecule has 0 aliphatic heterocycles. The Morgan fingerprint density at radius 1 is 1.23 bits per heavy atom. The highest BCUT2D eigenvalue weighted by Gasteiger charge is 2.05. The number of benzene rings is 1. The second-order valence-electron chi connectivity index (χ2n) is 6.30. The molecule has 0 spiro atoms. The third kappa shape index (κ3) is 7.85. The molecule has 0 fully saturated rings. The van der Waals surface area contributed by atoms with Crippen LogP contribution >= 0.6 is 24.0 Å². The molecular weight excluding hydrogens is 441 g/mol. The van der Waals surface area contributed by atoms with Crippen LogP contribution in [0.25, 0.3) is 0 Å². The molecule has 1 aliphatic rings. The molecule has 0 saturated carbocycles. The lowest BCUT2D eigenvalue weighted by Gasteiger charge is -2.13. The van der Waals surface area contributed by atoms with E-state index < -0.39 is 0 Å². The van der Waals surface area contributed by atoms with Crippen LogP contribution in [0.15, 0.2) is 34.8 Å². The number of hydrogen-bond donors (Lipinski definition) is 3. The van der Waals surface area contributed by atoms with E-state index in [0.717, 1.165) is 44.0 Å². The normalized spacial score (nSPS) is 14.2. The summed E-state index contributed by atoms with van der Waals surface area (Å²) in [5, 5.41) is 16.3. The molecule has 3 N–H and O–H groups in total. The summed E-state index contributed by atoms with van der Waals surface area (Å²) >= 11 is 0. The molecule has 2 rings (SSSR count). The van der Waals surface area contributed by atoms with Crippen LogP contribution in [0.1, 0.15) is 44.6 Å². The zero-order valence-corrected chi connectivity index (χ0v) is 18.2. The zero-order chi connectivity index (χ0) is 17.9.